The maximum atomic E-state index is 13.0. The van der Waals surface area contributed by atoms with Gasteiger partial charge in [-0.15, -0.1) is 12.4 Å². The molecule has 154 valence electrons. The van der Waals surface area contributed by atoms with Crippen LogP contribution in [0, 0.1) is 0 Å². The van der Waals surface area contributed by atoms with Crippen molar-refractivity contribution in [3.63, 3.8) is 0 Å². The molecule has 0 bridgehead atoms. The topological polar surface area (TPSA) is 64.8 Å². The molecular weight excluding hydrogens is 385 g/mol. The number of rotatable bonds is 7. The molecule has 0 aromatic heterocycles. The quantitative estimate of drug-likeness (QED) is 0.749. The third kappa shape index (κ3) is 6.07. The first-order valence-electron chi connectivity index (χ1n) is 8.60. The van der Waals surface area contributed by atoms with Crippen molar-refractivity contribution in [1.82, 2.24) is 4.90 Å². The first-order chi connectivity index (χ1) is 12.3. The Kier molecular flexibility index (Phi) is 9.01. The minimum Gasteiger partial charge on any atom is -0.383 e. The van der Waals surface area contributed by atoms with Crippen molar-refractivity contribution in [3.8, 4) is 0 Å². The van der Waals surface area contributed by atoms with Crippen molar-refractivity contribution >= 4 is 18.3 Å². The van der Waals surface area contributed by atoms with Crippen LogP contribution in [0.25, 0.3) is 0 Å². The van der Waals surface area contributed by atoms with E-state index in [4.69, 9.17) is 15.2 Å². The highest BCUT2D eigenvalue weighted by Crippen LogP contribution is 2.32. The fourth-order valence-corrected chi connectivity index (χ4v) is 3.08. The highest BCUT2D eigenvalue weighted by Gasteiger charge is 2.36. The van der Waals surface area contributed by atoms with Crippen LogP contribution in [0.15, 0.2) is 24.3 Å². The van der Waals surface area contributed by atoms with E-state index < -0.39 is 23.9 Å². The monoisotopic (exact) mass is 410 g/mol. The molecular formula is C18H26ClF3N2O3. The smallest absolute Gasteiger partial charge is 0.383 e. The summed E-state index contributed by atoms with van der Waals surface area (Å²) in [7, 11) is 1.51. The minimum atomic E-state index is -4.43. The number of amides is 1. The molecule has 1 aromatic carbocycles. The molecule has 3 atom stereocenters. The van der Waals surface area contributed by atoms with Gasteiger partial charge in [-0.3, -0.25) is 4.79 Å². The number of hydrogen-bond donors (Lipinski definition) is 1. The summed E-state index contributed by atoms with van der Waals surface area (Å²) >= 11 is 0. The number of benzene rings is 1. The van der Waals surface area contributed by atoms with Gasteiger partial charge in [-0.1, -0.05) is 12.1 Å². The van der Waals surface area contributed by atoms with Crippen molar-refractivity contribution < 1.29 is 27.4 Å². The maximum absolute atomic E-state index is 13.0. The fraction of sp³-hybridized carbons (Fsp3) is 0.611. The molecule has 5 nitrogen and oxygen atoms in total. The number of alkyl halides is 3. The third-order valence-electron chi connectivity index (χ3n) is 4.63. The van der Waals surface area contributed by atoms with Crippen molar-refractivity contribution in [3.05, 3.63) is 35.4 Å². The second-order valence-corrected chi connectivity index (χ2v) is 6.38. The van der Waals surface area contributed by atoms with Crippen LogP contribution < -0.4 is 5.73 Å². The summed E-state index contributed by atoms with van der Waals surface area (Å²) < 4.78 is 49.7. The summed E-state index contributed by atoms with van der Waals surface area (Å²) in [6.45, 7) is 2.59. The van der Waals surface area contributed by atoms with Crippen LogP contribution in [-0.2, 0) is 20.4 Å². The zero-order valence-electron chi connectivity index (χ0n) is 15.4. The van der Waals surface area contributed by atoms with Gasteiger partial charge in [-0.2, -0.15) is 13.2 Å². The van der Waals surface area contributed by atoms with E-state index in [1.165, 1.54) is 18.1 Å². The molecule has 2 N–H and O–H groups in total. The van der Waals surface area contributed by atoms with Crippen molar-refractivity contribution in [2.24, 2.45) is 5.73 Å². The number of methoxy groups -OCH3 is 1. The summed E-state index contributed by atoms with van der Waals surface area (Å²) in [5.41, 5.74) is 5.26. The van der Waals surface area contributed by atoms with E-state index in [0.717, 1.165) is 12.1 Å². The molecule has 1 amide bonds. The number of halogens is 4. The highest BCUT2D eigenvalue weighted by molar-refractivity contribution is 5.85. The summed E-state index contributed by atoms with van der Waals surface area (Å²) in [5.74, 6) is -0.247. The van der Waals surface area contributed by atoms with E-state index in [1.807, 2.05) is 0 Å². The van der Waals surface area contributed by atoms with Crippen LogP contribution in [-0.4, -0.2) is 49.8 Å². The largest absolute Gasteiger partial charge is 0.416 e. The second kappa shape index (κ2) is 10.3. The van der Waals surface area contributed by atoms with Crippen molar-refractivity contribution in [2.75, 3.05) is 26.8 Å². The second-order valence-electron chi connectivity index (χ2n) is 6.38. The lowest BCUT2D eigenvalue weighted by Gasteiger charge is -2.32. The number of hydrogen-bond acceptors (Lipinski definition) is 4. The van der Waals surface area contributed by atoms with Gasteiger partial charge in [-0.25, -0.2) is 0 Å². The zero-order valence-corrected chi connectivity index (χ0v) is 16.2. The zero-order chi connectivity index (χ0) is 19.3. The Balaban J connectivity index is 0.00000364. The van der Waals surface area contributed by atoms with Crippen LogP contribution in [0.5, 0.6) is 0 Å². The lowest BCUT2D eigenvalue weighted by atomic mass is 10.0. The van der Waals surface area contributed by atoms with E-state index in [1.54, 1.807) is 13.0 Å². The molecule has 1 aromatic rings. The van der Waals surface area contributed by atoms with Gasteiger partial charge >= 0.3 is 6.18 Å². The van der Waals surface area contributed by atoms with Gasteiger partial charge in [0.1, 0.15) is 6.10 Å². The Morgan fingerprint density at radius 1 is 1.41 bits per heavy atom. The van der Waals surface area contributed by atoms with Crippen LogP contribution in [0.1, 0.15) is 36.9 Å². The Bertz CT molecular complexity index is 616. The Hall–Kier alpha value is -1.35. The first-order valence-corrected chi connectivity index (χ1v) is 8.60. The predicted molar refractivity (Wildman–Crippen MR) is 97.6 cm³/mol. The molecule has 1 saturated heterocycles. The van der Waals surface area contributed by atoms with Crippen LogP contribution in [0.4, 0.5) is 13.2 Å². The van der Waals surface area contributed by atoms with E-state index in [0.29, 0.717) is 24.9 Å². The summed E-state index contributed by atoms with van der Waals surface area (Å²) in [5, 5.41) is 0. The number of carbonyl (C=O) groups excluding carboxylic acids is 1. The summed E-state index contributed by atoms with van der Waals surface area (Å²) in [4.78, 5) is 14.4. The molecule has 1 aliphatic rings. The third-order valence-corrected chi connectivity index (χ3v) is 4.63. The first kappa shape index (κ1) is 23.7. The Morgan fingerprint density at radius 2 is 2.11 bits per heavy atom. The van der Waals surface area contributed by atoms with Crippen LogP contribution in [0.2, 0.25) is 0 Å². The molecule has 0 radical (unpaired) electrons. The minimum absolute atomic E-state index is 0. The molecule has 1 aliphatic heterocycles. The van der Waals surface area contributed by atoms with Crippen LogP contribution >= 0.6 is 12.4 Å². The maximum Gasteiger partial charge on any atom is 0.416 e. The number of ether oxygens (including phenoxy) is 2. The molecule has 1 fully saturated rings. The Labute approximate surface area is 163 Å². The Morgan fingerprint density at radius 3 is 2.67 bits per heavy atom. The highest BCUT2D eigenvalue weighted by atomic mass is 35.5. The molecule has 2 rings (SSSR count). The summed E-state index contributed by atoms with van der Waals surface area (Å²) in [6, 6.07) is 4.50. The fourth-order valence-electron chi connectivity index (χ4n) is 3.08. The predicted octanol–water partition coefficient (Wildman–Crippen LogP) is 3.17. The number of carbonyl (C=O) groups is 1. The van der Waals surface area contributed by atoms with Gasteiger partial charge in [0.15, 0.2) is 0 Å². The normalized spacial score (nSPS) is 20.8. The van der Waals surface area contributed by atoms with Gasteiger partial charge in [0, 0.05) is 20.2 Å². The van der Waals surface area contributed by atoms with Gasteiger partial charge in [-0.05, 0) is 37.5 Å². The SMILES string of the molecule is COCCN(C(=O)[C@@H]1CC[C@H](CN)O1)C(C)c1cccc(C(F)(F)F)c1.Cl. The van der Waals surface area contributed by atoms with Gasteiger partial charge in [0.25, 0.3) is 5.91 Å². The number of nitrogens with two attached hydrogens (primary N) is 1. The molecule has 0 spiro atoms. The van der Waals surface area contributed by atoms with Gasteiger partial charge < -0.3 is 20.1 Å². The van der Waals surface area contributed by atoms with E-state index in [2.05, 4.69) is 0 Å². The summed E-state index contributed by atoms with van der Waals surface area (Å²) in [6.07, 6.45) is -3.95. The van der Waals surface area contributed by atoms with Crippen LogP contribution in [0.3, 0.4) is 0 Å². The number of nitrogens with zero attached hydrogens (tertiary/aromatic N) is 1. The van der Waals surface area contributed by atoms with E-state index in [9.17, 15) is 18.0 Å². The standard InChI is InChI=1S/C18H25F3N2O3.ClH/c1-12(13-4-3-5-14(10-13)18(19,20)21)23(8-9-25-2)17(24)16-7-6-15(11-22)26-16;/h3-5,10,12,15-16H,6-9,11,22H2,1-2H3;1H/t12?,15-,16+;/m1./s1. The molecule has 9 heteroatoms. The van der Waals surface area contributed by atoms with Crippen molar-refractivity contribution in [2.45, 2.75) is 44.2 Å². The molecule has 1 unspecified atom stereocenters. The van der Waals surface area contributed by atoms with Gasteiger partial charge in [0.2, 0.25) is 0 Å². The molecule has 1 heterocycles. The molecule has 0 saturated carbocycles. The van der Waals surface area contributed by atoms with Crippen molar-refractivity contribution in [1.29, 1.82) is 0 Å². The van der Waals surface area contributed by atoms with Gasteiger partial charge in [0.05, 0.1) is 24.3 Å². The average molecular weight is 411 g/mol. The average Bonchev–Trinajstić information content (AvgIpc) is 3.10. The van der Waals surface area contributed by atoms with E-state index in [-0.39, 0.29) is 37.6 Å². The van der Waals surface area contributed by atoms with E-state index >= 15 is 0 Å². The molecule has 27 heavy (non-hydrogen) atoms. The molecule has 0 aliphatic carbocycles. The lowest BCUT2D eigenvalue weighted by molar-refractivity contribution is -0.145. The lowest BCUT2D eigenvalue weighted by Crippen LogP contribution is -2.42.